The molecule has 30 heavy (non-hydrogen) atoms. The van der Waals surface area contributed by atoms with E-state index in [1.807, 2.05) is 54.3 Å². The van der Waals surface area contributed by atoms with Crippen molar-refractivity contribution in [2.45, 2.75) is 45.4 Å². The van der Waals surface area contributed by atoms with E-state index in [0.717, 1.165) is 49.0 Å². The lowest BCUT2D eigenvalue weighted by atomic mass is 9.91. The van der Waals surface area contributed by atoms with Crippen LogP contribution in [0.4, 0.5) is 0 Å². The molecule has 2 aromatic carbocycles. The highest BCUT2D eigenvalue weighted by atomic mass is 16.5. The maximum Gasteiger partial charge on any atom is 0.230 e. The summed E-state index contributed by atoms with van der Waals surface area (Å²) in [4.78, 5) is 19.9. The number of carbonyl (C=O) groups is 1. The van der Waals surface area contributed by atoms with Crippen LogP contribution in [0.2, 0.25) is 0 Å². The number of piperidine rings is 1. The molecule has 0 N–H and O–H groups in total. The molecule has 1 saturated heterocycles. The van der Waals surface area contributed by atoms with Crippen LogP contribution in [0.5, 0.6) is 0 Å². The largest absolute Gasteiger partial charge is 0.342 e. The first-order valence-corrected chi connectivity index (χ1v) is 10.9. The molecule has 3 aromatic rings. The van der Waals surface area contributed by atoms with E-state index in [9.17, 15) is 4.79 Å². The van der Waals surface area contributed by atoms with Crippen LogP contribution in [0.3, 0.4) is 0 Å². The Bertz CT molecular complexity index is 983. The van der Waals surface area contributed by atoms with E-state index in [-0.39, 0.29) is 11.8 Å². The second kappa shape index (κ2) is 9.24. The summed E-state index contributed by atoms with van der Waals surface area (Å²) in [6.45, 7) is 5.72. The predicted octanol–water partition coefficient (Wildman–Crippen LogP) is 5.02. The zero-order chi connectivity index (χ0) is 20.9. The summed E-state index contributed by atoms with van der Waals surface area (Å²) in [6.07, 6.45) is 3.62. The Morgan fingerprint density at radius 1 is 1.17 bits per heavy atom. The van der Waals surface area contributed by atoms with Gasteiger partial charge in [0, 0.05) is 25.1 Å². The molecule has 1 aliphatic rings. The topological polar surface area (TPSA) is 59.2 Å². The van der Waals surface area contributed by atoms with Gasteiger partial charge in [0.25, 0.3) is 0 Å². The molecule has 156 valence electrons. The van der Waals surface area contributed by atoms with Crippen LogP contribution < -0.4 is 0 Å². The van der Waals surface area contributed by atoms with Crippen LogP contribution in [-0.2, 0) is 11.2 Å². The lowest BCUT2D eigenvalue weighted by molar-refractivity contribution is -0.134. The summed E-state index contributed by atoms with van der Waals surface area (Å²) < 4.78 is 5.55. The summed E-state index contributed by atoms with van der Waals surface area (Å²) in [5.74, 6) is 1.81. The lowest BCUT2D eigenvalue weighted by Gasteiger charge is -2.34. The molecule has 4 rings (SSSR count). The Hall–Kier alpha value is -2.95. The van der Waals surface area contributed by atoms with Crippen LogP contribution in [0.1, 0.15) is 49.1 Å². The van der Waals surface area contributed by atoms with Gasteiger partial charge in [-0.3, -0.25) is 4.79 Å². The molecule has 5 nitrogen and oxygen atoms in total. The maximum absolute atomic E-state index is 13.2. The van der Waals surface area contributed by atoms with Gasteiger partial charge in [-0.05, 0) is 43.2 Å². The molecule has 2 heterocycles. The van der Waals surface area contributed by atoms with Crippen molar-refractivity contribution in [2.24, 2.45) is 5.92 Å². The number of hydrogen-bond acceptors (Lipinski definition) is 4. The molecular formula is C25H29N3O2. The highest BCUT2D eigenvalue weighted by molar-refractivity contribution is 5.83. The first-order valence-electron chi connectivity index (χ1n) is 10.9. The smallest absolute Gasteiger partial charge is 0.230 e. The van der Waals surface area contributed by atoms with Gasteiger partial charge in [-0.1, -0.05) is 66.7 Å². The van der Waals surface area contributed by atoms with Gasteiger partial charge in [-0.25, -0.2) is 0 Å². The van der Waals surface area contributed by atoms with Crippen molar-refractivity contribution in [3.05, 3.63) is 71.6 Å². The van der Waals surface area contributed by atoms with Gasteiger partial charge in [-0.15, -0.1) is 0 Å². The minimum Gasteiger partial charge on any atom is -0.342 e. The van der Waals surface area contributed by atoms with E-state index in [1.54, 1.807) is 0 Å². The van der Waals surface area contributed by atoms with E-state index >= 15 is 0 Å². The third-order valence-electron chi connectivity index (χ3n) is 6.06. The monoisotopic (exact) mass is 403 g/mol. The highest BCUT2D eigenvalue weighted by Gasteiger charge is 2.30. The summed E-state index contributed by atoms with van der Waals surface area (Å²) in [7, 11) is 0. The third-order valence-corrected chi connectivity index (χ3v) is 6.06. The van der Waals surface area contributed by atoms with Crippen molar-refractivity contribution < 1.29 is 9.32 Å². The fourth-order valence-corrected chi connectivity index (χ4v) is 4.41. The Kier molecular flexibility index (Phi) is 6.26. The molecule has 0 saturated carbocycles. The third kappa shape index (κ3) is 4.45. The standard InChI is InChI=1S/C25H29N3O2/c1-3-21(20-12-5-4-6-13-20)25(29)28-15-9-11-19(17-28)16-23-26-24(27-30-23)22-14-8-7-10-18(22)2/h4-8,10,12-14,19,21H,3,9,11,15-17H2,1-2H3. The zero-order valence-corrected chi connectivity index (χ0v) is 17.8. The molecule has 1 amide bonds. The summed E-state index contributed by atoms with van der Waals surface area (Å²) in [5.41, 5.74) is 3.24. The molecule has 0 spiro atoms. The number of nitrogens with zero attached hydrogens (tertiary/aromatic N) is 3. The van der Waals surface area contributed by atoms with Gasteiger partial charge in [0.2, 0.25) is 17.6 Å². The highest BCUT2D eigenvalue weighted by Crippen LogP contribution is 2.27. The van der Waals surface area contributed by atoms with E-state index in [1.165, 1.54) is 0 Å². The van der Waals surface area contributed by atoms with Gasteiger partial charge < -0.3 is 9.42 Å². The van der Waals surface area contributed by atoms with Gasteiger partial charge in [0.05, 0.1) is 5.92 Å². The number of hydrogen-bond donors (Lipinski definition) is 0. The SMILES string of the molecule is CCC(C(=O)N1CCCC(Cc2nc(-c3ccccc3C)no2)C1)c1ccccc1. The average molecular weight is 404 g/mol. The fraction of sp³-hybridized carbons (Fsp3) is 0.400. The molecule has 1 fully saturated rings. The molecule has 0 aliphatic carbocycles. The first-order chi connectivity index (χ1) is 14.7. The van der Waals surface area contributed by atoms with Crippen molar-refractivity contribution in [1.82, 2.24) is 15.0 Å². The number of benzene rings is 2. The first kappa shape index (κ1) is 20.3. The minimum atomic E-state index is -0.0685. The van der Waals surface area contributed by atoms with Crippen molar-refractivity contribution in [3.8, 4) is 11.4 Å². The molecular weight excluding hydrogens is 374 g/mol. The quantitative estimate of drug-likeness (QED) is 0.580. The van der Waals surface area contributed by atoms with Crippen LogP contribution >= 0.6 is 0 Å². The number of aryl methyl sites for hydroxylation is 1. The van der Waals surface area contributed by atoms with E-state index < -0.39 is 0 Å². The van der Waals surface area contributed by atoms with Gasteiger partial charge >= 0.3 is 0 Å². The Morgan fingerprint density at radius 2 is 1.93 bits per heavy atom. The molecule has 1 aromatic heterocycles. The van der Waals surface area contributed by atoms with Gasteiger partial charge in [0.15, 0.2) is 0 Å². The molecule has 1 aliphatic heterocycles. The number of rotatable bonds is 6. The van der Waals surface area contributed by atoms with Gasteiger partial charge in [0.1, 0.15) is 0 Å². The predicted molar refractivity (Wildman–Crippen MR) is 117 cm³/mol. The Balaban J connectivity index is 1.42. The summed E-state index contributed by atoms with van der Waals surface area (Å²) in [5, 5.41) is 4.18. The second-order valence-electron chi connectivity index (χ2n) is 8.19. The van der Waals surface area contributed by atoms with Crippen LogP contribution in [-0.4, -0.2) is 34.0 Å². The normalized spacial score (nSPS) is 17.7. The number of carbonyl (C=O) groups excluding carboxylic acids is 1. The number of aromatic nitrogens is 2. The molecule has 0 radical (unpaired) electrons. The van der Waals surface area contributed by atoms with Gasteiger partial charge in [-0.2, -0.15) is 4.98 Å². The molecule has 2 unspecified atom stereocenters. The molecule has 0 bridgehead atoms. The zero-order valence-electron chi connectivity index (χ0n) is 17.8. The van der Waals surface area contributed by atoms with Crippen molar-refractivity contribution in [1.29, 1.82) is 0 Å². The van der Waals surface area contributed by atoms with E-state index in [2.05, 4.69) is 29.2 Å². The lowest BCUT2D eigenvalue weighted by Crippen LogP contribution is -2.42. The van der Waals surface area contributed by atoms with E-state index in [4.69, 9.17) is 4.52 Å². The van der Waals surface area contributed by atoms with Crippen LogP contribution in [0.15, 0.2) is 59.1 Å². The van der Waals surface area contributed by atoms with Crippen LogP contribution in [0.25, 0.3) is 11.4 Å². The van der Waals surface area contributed by atoms with Crippen molar-refractivity contribution in [2.75, 3.05) is 13.1 Å². The summed E-state index contributed by atoms with van der Waals surface area (Å²) >= 11 is 0. The van der Waals surface area contributed by atoms with Crippen LogP contribution in [0, 0.1) is 12.8 Å². The summed E-state index contributed by atoms with van der Waals surface area (Å²) in [6, 6.07) is 18.2. The minimum absolute atomic E-state index is 0.0685. The Morgan fingerprint density at radius 3 is 2.70 bits per heavy atom. The van der Waals surface area contributed by atoms with Crippen molar-refractivity contribution >= 4 is 5.91 Å². The molecule has 2 atom stereocenters. The fourth-order valence-electron chi connectivity index (χ4n) is 4.41. The number of likely N-dealkylation sites (tertiary alicyclic amines) is 1. The molecule has 5 heteroatoms. The van der Waals surface area contributed by atoms with Crippen molar-refractivity contribution in [3.63, 3.8) is 0 Å². The van der Waals surface area contributed by atoms with E-state index in [0.29, 0.717) is 24.1 Å². The average Bonchev–Trinajstić information content (AvgIpc) is 3.23. The number of amides is 1. The maximum atomic E-state index is 13.2. The second-order valence-corrected chi connectivity index (χ2v) is 8.19. The Labute approximate surface area is 178 Å².